The lowest BCUT2D eigenvalue weighted by atomic mass is 10.2. The van der Waals surface area contributed by atoms with Crippen molar-refractivity contribution in [2.75, 3.05) is 20.8 Å². The van der Waals surface area contributed by atoms with E-state index in [1.807, 2.05) is 30.5 Å². The Morgan fingerprint density at radius 2 is 1.96 bits per heavy atom. The van der Waals surface area contributed by atoms with Gasteiger partial charge in [0.15, 0.2) is 24.2 Å². The number of nitrogens with one attached hydrogen (secondary N) is 2. The molecule has 0 saturated heterocycles. The smallest absolute Gasteiger partial charge is 0.344 e. The first-order valence-corrected chi connectivity index (χ1v) is 7.56. The molecular formula is C17H22N2O6. The van der Waals surface area contributed by atoms with Gasteiger partial charge in [-0.3, -0.25) is 10.1 Å². The molecule has 0 bridgehead atoms. The van der Waals surface area contributed by atoms with Crippen molar-refractivity contribution < 1.29 is 28.6 Å². The maximum atomic E-state index is 11.8. The minimum atomic E-state index is -1.13. The molecule has 0 aromatic heterocycles. The normalized spacial score (nSPS) is 11.5. The Kier molecular flexibility index (Phi) is 7.98. The van der Waals surface area contributed by atoms with Gasteiger partial charge in [-0.25, -0.2) is 9.59 Å². The van der Waals surface area contributed by atoms with Gasteiger partial charge in [0.1, 0.15) is 0 Å². The fourth-order valence-corrected chi connectivity index (χ4v) is 1.80. The molecule has 0 spiro atoms. The van der Waals surface area contributed by atoms with Gasteiger partial charge in [0.2, 0.25) is 0 Å². The summed E-state index contributed by atoms with van der Waals surface area (Å²) in [6, 6.07) is 4.56. The number of carbonyl (C=O) groups is 3. The molecule has 0 fully saturated rings. The Balaban J connectivity index is 2.58. The van der Waals surface area contributed by atoms with Crippen molar-refractivity contribution in [2.24, 2.45) is 0 Å². The quantitative estimate of drug-likeness (QED) is 0.722. The molecule has 136 valence electrons. The van der Waals surface area contributed by atoms with Crippen molar-refractivity contribution in [1.29, 1.82) is 0 Å². The molecule has 0 radical (unpaired) electrons. The number of ether oxygens (including phenoxy) is 3. The minimum absolute atomic E-state index is 0.371. The topological polar surface area (TPSA) is 103 Å². The number of methoxy groups -OCH3 is 1. The van der Waals surface area contributed by atoms with Crippen LogP contribution in [-0.2, 0) is 14.3 Å². The Morgan fingerprint density at radius 3 is 2.56 bits per heavy atom. The molecule has 8 heteroatoms. The van der Waals surface area contributed by atoms with Crippen LogP contribution in [0.2, 0.25) is 0 Å². The summed E-state index contributed by atoms with van der Waals surface area (Å²) in [5.41, 5.74) is 0.925. The summed E-state index contributed by atoms with van der Waals surface area (Å²) in [7, 11) is 2.85. The van der Waals surface area contributed by atoms with Crippen LogP contribution >= 0.6 is 0 Å². The number of hydrogen-bond acceptors (Lipinski definition) is 6. The lowest BCUT2D eigenvalue weighted by molar-refractivity contribution is -0.156. The van der Waals surface area contributed by atoms with Gasteiger partial charge in [-0.2, -0.15) is 0 Å². The predicted molar refractivity (Wildman–Crippen MR) is 91.3 cm³/mol. The second-order valence-electron chi connectivity index (χ2n) is 4.90. The third-order valence-corrected chi connectivity index (χ3v) is 3.03. The molecule has 1 aromatic carbocycles. The SMILES string of the molecule is C/C=C/c1ccc(OCC(=O)O[C@H](C)C(=O)NC(=O)NC)c(OC)c1. The molecule has 2 N–H and O–H groups in total. The van der Waals surface area contributed by atoms with Gasteiger partial charge < -0.3 is 19.5 Å². The van der Waals surface area contributed by atoms with Crippen LogP contribution in [-0.4, -0.2) is 44.8 Å². The lowest BCUT2D eigenvalue weighted by Crippen LogP contribution is -2.43. The van der Waals surface area contributed by atoms with Gasteiger partial charge in [0.05, 0.1) is 7.11 Å². The number of imide groups is 1. The second kappa shape index (κ2) is 9.96. The first kappa shape index (κ1) is 20.0. The molecule has 0 aliphatic heterocycles. The summed E-state index contributed by atoms with van der Waals surface area (Å²) in [5, 5.41) is 4.23. The van der Waals surface area contributed by atoms with Gasteiger partial charge in [0, 0.05) is 7.05 Å². The number of amides is 3. The van der Waals surface area contributed by atoms with E-state index in [1.165, 1.54) is 21.1 Å². The van der Waals surface area contributed by atoms with Crippen molar-refractivity contribution >= 4 is 24.0 Å². The number of rotatable bonds is 7. The zero-order valence-electron chi connectivity index (χ0n) is 14.6. The third kappa shape index (κ3) is 6.54. The van der Waals surface area contributed by atoms with E-state index in [2.05, 4.69) is 5.32 Å². The summed E-state index contributed by atoms with van der Waals surface area (Å²) in [5.74, 6) is -0.649. The first-order chi connectivity index (χ1) is 11.9. The lowest BCUT2D eigenvalue weighted by Gasteiger charge is -2.14. The van der Waals surface area contributed by atoms with Crippen molar-refractivity contribution in [3.05, 3.63) is 29.8 Å². The van der Waals surface area contributed by atoms with Crippen LogP contribution in [0.3, 0.4) is 0 Å². The summed E-state index contributed by atoms with van der Waals surface area (Å²) in [6.45, 7) is 2.84. The highest BCUT2D eigenvalue weighted by molar-refractivity contribution is 5.97. The number of benzene rings is 1. The summed E-state index contributed by atoms with van der Waals surface area (Å²) in [6.07, 6.45) is 2.65. The molecule has 1 aromatic rings. The highest BCUT2D eigenvalue weighted by atomic mass is 16.6. The fourth-order valence-electron chi connectivity index (χ4n) is 1.80. The molecule has 0 aliphatic carbocycles. The maximum Gasteiger partial charge on any atom is 0.344 e. The Labute approximate surface area is 146 Å². The van der Waals surface area contributed by atoms with E-state index in [0.29, 0.717) is 11.5 Å². The third-order valence-electron chi connectivity index (χ3n) is 3.03. The average Bonchev–Trinajstić information content (AvgIpc) is 2.60. The highest BCUT2D eigenvalue weighted by Gasteiger charge is 2.20. The molecule has 0 heterocycles. The van der Waals surface area contributed by atoms with E-state index in [-0.39, 0.29) is 0 Å². The van der Waals surface area contributed by atoms with Crippen LogP contribution in [0.1, 0.15) is 19.4 Å². The Morgan fingerprint density at radius 1 is 1.24 bits per heavy atom. The molecule has 8 nitrogen and oxygen atoms in total. The summed E-state index contributed by atoms with van der Waals surface area (Å²) >= 11 is 0. The first-order valence-electron chi connectivity index (χ1n) is 7.56. The van der Waals surface area contributed by atoms with Gasteiger partial charge in [0.25, 0.3) is 5.91 Å². The number of allylic oxidation sites excluding steroid dienone is 1. The van der Waals surface area contributed by atoms with Crippen molar-refractivity contribution in [1.82, 2.24) is 10.6 Å². The standard InChI is InChI=1S/C17H22N2O6/c1-5-6-12-7-8-13(14(9-12)23-4)24-10-15(20)25-11(2)16(21)19-17(22)18-3/h5-9,11H,10H2,1-4H3,(H2,18,19,21,22)/b6-5+/t11-/m1/s1. The van der Waals surface area contributed by atoms with E-state index in [0.717, 1.165) is 5.56 Å². The largest absolute Gasteiger partial charge is 0.493 e. The number of hydrogen-bond donors (Lipinski definition) is 2. The molecular weight excluding hydrogens is 328 g/mol. The van der Waals surface area contributed by atoms with E-state index in [4.69, 9.17) is 14.2 Å². The van der Waals surface area contributed by atoms with Crippen LogP contribution in [0.25, 0.3) is 6.08 Å². The van der Waals surface area contributed by atoms with Gasteiger partial charge in [-0.1, -0.05) is 18.2 Å². The van der Waals surface area contributed by atoms with Gasteiger partial charge in [-0.05, 0) is 31.5 Å². The monoisotopic (exact) mass is 350 g/mol. The van der Waals surface area contributed by atoms with Crippen LogP contribution in [0.4, 0.5) is 4.79 Å². The number of carbonyl (C=O) groups excluding carboxylic acids is 3. The second-order valence-corrected chi connectivity index (χ2v) is 4.90. The van der Waals surface area contributed by atoms with Crippen molar-refractivity contribution in [3.8, 4) is 11.5 Å². The molecule has 0 unspecified atom stereocenters. The predicted octanol–water partition coefficient (Wildman–Crippen LogP) is 1.49. The number of esters is 1. The van der Waals surface area contributed by atoms with Crippen LogP contribution in [0.5, 0.6) is 11.5 Å². The number of urea groups is 1. The molecule has 0 saturated carbocycles. The maximum absolute atomic E-state index is 11.8. The minimum Gasteiger partial charge on any atom is -0.493 e. The van der Waals surface area contributed by atoms with E-state index >= 15 is 0 Å². The molecule has 1 rings (SSSR count). The van der Waals surface area contributed by atoms with Crippen LogP contribution in [0, 0.1) is 0 Å². The van der Waals surface area contributed by atoms with Crippen molar-refractivity contribution in [2.45, 2.75) is 20.0 Å². The molecule has 3 amide bonds. The van der Waals surface area contributed by atoms with E-state index in [1.54, 1.807) is 12.1 Å². The molecule has 0 aliphatic rings. The molecule has 1 atom stereocenters. The van der Waals surface area contributed by atoms with E-state index in [9.17, 15) is 14.4 Å². The van der Waals surface area contributed by atoms with Gasteiger partial charge in [-0.15, -0.1) is 0 Å². The van der Waals surface area contributed by atoms with Gasteiger partial charge >= 0.3 is 12.0 Å². The highest BCUT2D eigenvalue weighted by Crippen LogP contribution is 2.28. The Hall–Kier alpha value is -3.03. The Bertz CT molecular complexity index is 657. The average molecular weight is 350 g/mol. The van der Waals surface area contributed by atoms with Crippen LogP contribution < -0.4 is 20.1 Å². The molecule has 25 heavy (non-hydrogen) atoms. The van der Waals surface area contributed by atoms with Crippen molar-refractivity contribution in [3.63, 3.8) is 0 Å². The summed E-state index contributed by atoms with van der Waals surface area (Å²) < 4.78 is 15.5. The van der Waals surface area contributed by atoms with Crippen LogP contribution in [0.15, 0.2) is 24.3 Å². The summed E-state index contributed by atoms with van der Waals surface area (Å²) in [4.78, 5) is 34.4. The van der Waals surface area contributed by atoms with E-state index < -0.39 is 30.6 Å². The zero-order chi connectivity index (χ0) is 18.8. The zero-order valence-corrected chi connectivity index (χ0v) is 14.6. The fraction of sp³-hybridized carbons (Fsp3) is 0.353.